The molecular weight excluding hydrogens is 312 g/mol. The average molecular weight is 327 g/mol. The van der Waals surface area contributed by atoms with Gasteiger partial charge < -0.3 is 10.1 Å². The topological polar surface area (TPSA) is 81.4 Å². The number of primary sulfonamides is 1. The van der Waals surface area contributed by atoms with Crippen LogP contribution in [0, 0.1) is 0 Å². The molecule has 0 amide bonds. The molecule has 2 aromatic carbocycles. The van der Waals surface area contributed by atoms with E-state index in [4.69, 9.17) is 21.5 Å². The fourth-order valence-electron chi connectivity index (χ4n) is 1.79. The van der Waals surface area contributed by atoms with Gasteiger partial charge >= 0.3 is 0 Å². The van der Waals surface area contributed by atoms with Crippen molar-refractivity contribution in [1.82, 2.24) is 0 Å². The van der Waals surface area contributed by atoms with E-state index in [0.29, 0.717) is 17.3 Å². The number of ether oxygens (including phenoxy) is 1. The number of halogens is 1. The van der Waals surface area contributed by atoms with Gasteiger partial charge in [-0.15, -0.1) is 0 Å². The Kier molecular flexibility index (Phi) is 4.72. The molecule has 112 valence electrons. The Morgan fingerprint density at radius 1 is 1.19 bits per heavy atom. The lowest BCUT2D eigenvalue weighted by atomic mass is 10.2. The lowest BCUT2D eigenvalue weighted by Gasteiger charge is -2.09. The van der Waals surface area contributed by atoms with Gasteiger partial charge in [-0.1, -0.05) is 17.7 Å². The molecule has 0 aliphatic heterocycles. The third-order valence-corrected chi connectivity index (χ3v) is 4.12. The van der Waals surface area contributed by atoms with Gasteiger partial charge in [0.25, 0.3) is 0 Å². The molecule has 2 rings (SSSR count). The van der Waals surface area contributed by atoms with Crippen LogP contribution in [-0.4, -0.2) is 15.5 Å². The summed E-state index contributed by atoms with van der Waals surface area (Å²) < 4.78 is 27.4. The Morgan fingerprint density at radius 3 is 2.38 bits per heavy atom. The second-order valence-corrected chi connectivity index (χ2v) is 6.36. The van der Waals surface area contributed by atoms with Crippen molar-refractivity contribution >= 4 is 27.3 Å². The van der Waals surface area contributed by atoms with Crippen LogP contribution in [0.2, 0.25) is 5.02 Å². The van der Waals surface area contributed by atoms with Crippen LogP contribution in [0.4, 0.5) is 5.69 Å². The highest BCUT2D eigenvalue weighted by molar-refractivity contribution is 7.89. The molecule has 0 saturated heterocycles. The van der Waals surface area contributed by atoms with Crippen molar-refractivity contribution < 1.29 is 13.2 Å². The molecule has 0 aliphatic rings. The van der Waals surface area contributed by atoms with Crippen LogP contribution in [0.15, 0.2) is 47.4 Å². The summed E-state index contributed by atoms with van der Waals surface area (Å²) in [4.78, 5) is 0.0838. The number of nitrogens with one attached hydrogen (secondary N) is 1. The lowest BCUT2D eigenvalue weighted by molar-refractivity contribution is 0.415. The fourth-order valence-corrected chi connectivity index (χ4v) is 2.58. The maximum Gasteiger partial charge on any atom is 0.238 e. The van der Waals surface area contributed by atoms with Crippen molar-refractivity contribution in [3.63, 3.8) is 0 Å². The summed E-state index contributed by atoms with van der Waals surface area (Å²) >= 11 is 6.05. The van der Waals surface area contributed by atoms with Gasteiger partial charge in [-0.3, -0.25) is 0 Å². The molecule has 21 heavy (non-hydrogen) atoms. The first kappa shape index (κ1) is 15.6. The molecule has 0 atom stereocenters. The van der Waals surface area contributed by atoms with Crippen molar-refractivity contribution in [2.75, 3.05) is 12.4 Å². The third-order valence-electron chi connectivity index (χ3n) is 2.90. The van der Waals surface area contributed by atoms with Crippen LogP contribution >= 0.6 is 11.6 Å². The fraction of sp³-hybridized carbons (Fsp3) is 0.143. The third kappa shape index (κ3) is 4.10. The number of hydrogen-bond acceptors (Lipinski definition) is 4. The average Bonchev–Trinajstić information content (AvgIpc) is 2.45. The highest BCUT2D eigenvalue weighted by atomic mass is 35.5. The molecule has 0 saturated carbocycles. The summed E-state index contributed by atoms with van der Waals surface area (Å²) in [6.07, 6.45) is 0. The van der Waals surface area contributed by atoms with E-state index in [1.807, 2.05) is 12.1 Å². The molecule has 0 heterocycles. The molecule has 0 radical (unpaired) electrons. The van der Waals surface area contributed by atoms with Gasteiger partial charge in [0.15, 0.2) is 0 Å². The molecule has 0 unspecified atom stereocenters. The van der Waals surface area contributed by atoms with E-state index in [0.717, 1.165) is 11.3 Å². The summed E-state index contributed by atoms with van der Waals surface area (Å²) in [5.41, 5.74) is 1.77. The van der Waals surface area contributed by atoms with E-state index in [-0.39, 0.29) is 4.90 Å². The van der Waals surface area contributed by atoms with Crippen molar-refractivity contribution in [2.45, 2.75) is 11.4 Å². The molecule has 3 N–H and O–H groups in total. The molecule has 0 aromatic heterocycles. The molecule has 0 fully saturated rings. The van der Waals surface area contributed by atoms with E-state index in [1.165, 1.54) is 12.1 Å². The zero-order valence-corrected chi connectivity index (χ0v) is 12.9. The first-order chi connectivity index (χ1) is 9.90. The normalized spacial score (nSPS) is 11.2. The SMILES string of the molecule is COc1ccc(CNc2ccc(S(N)(=O)=O)cc2)cc1Cl. The first-order valence-electron chi connectivity index (χ1n) is 6.09. The standard InChI is InChI=1S/C14H15ClN2O3S/c1-20-14-7-2-10(8-13(14)15)9-17-11-3-5-12(6-4-11)21(16,18)19/h2-8,17H,9H2,1H3,(H2,16,18,19). The predicted octanol–water partition coefficient (Wildman–Crippen LogP) is 2.61. The van der Waals surface area contributed by atoms with Gasteiger partial charge in [0.2, 0.25) is 10.0 Å². The van der Waals surface area contributed by atoms with Crippen molar-refractivity contribution in [1.29, 1.82) is 0 Å². The van der Waals surface area contributed by atoms with Gasteiger partial charge in [0, 0.05) is 12.2 Å². The number of benzene rings is 2. The second kappa shape index (κ2) is 6.34. The van der Waals surface area contributed by atoms with Gasteiger partial charge in [0.05, 0.1) is 17.0 Å². The molecule has 7 heteroatoms. The predicted molar refractivity (Wildman–Crippen MR) is 83.1 cm³/mol. The Balaban J connectivity index is 2.05. The largest absolute Gasteiger partial charge is 0.495 e. The smallest absolute Gasteiger partial charge is 0.238 e. The second-order valence-electron chi connectivity index (χ2n) is 4.39. The zero-order valence-electron chi connectivity index (χ0n) is 11.3. The maximum absolute atomic E-state index is 11.2. The van der Waals surface area contributed by atoms with Crippen LogP contribution in [0.5, 0.6) is 5.75 Å². The van der Waals surface area contributed by atoms with Gasteiger partial charge in [0.1, 0.15) is 5.75 Å². The molecule has 0 bridgehead atoms. The Bertz CT molecular complexity index is 730. The Morgan fingerprint density at radius 2 is 1.86 bits per heavy atom. The minimum absolute atomic E-state index is 0.0838. The highest BCUT2D eigenvalue weighted by Gasteiger charge is 2.06. The van der Waals surface area contributed by atoms with Crippen molar-refractivity contribution in [3.8, 4) is 5.75 Å². The van der Waals surface area contributed by atoms with E-state index < -0.39 is 10.0 Å². The maximum atomic E-state index is 11.2. The molecule has 2 aromatic rings. The van der Waals surface area contributed by atoms with E-state index in [9.17, 15) is 8.42 Å². The first-order valence-corrected chi connectivity index (χ1v) is 8.02. The van der Waals surface area contributed by atoms with Crippen LogP contribution < -0.4 is 15.2 Å². The van der Waals surface area contributed by atoms with Gasteiger partial charge in [-0.25, -0.2) is 13.6 Å². The van der Waals surface area contributed by atoms with Crippen molar-refractivity contribution in [2.24, 2.45) is 5.14 Å². The number of methoxy groups -OCH3 is 1. The summed E-state index contributed by atoms with van der Waals surface area (Å²) in [6.45, 7) is 0.554. The summed E-state index contributed by atoms with van der Waals surface area (Å²) in [7, 11) is -2.10. The highest BCUT2D eigenvalue weighted by Crippen LogP contribution is 2.25. The summed E-state index contributed by atoms with van der Waals surface area (Å²) in [5.74, 6) is 0.623. The number of nitrogens with two attached hydrogens (primary N) is 1. The quantitative estimate of drug-likeness (QED) is 0.885. The molecule has 5 nitrogen and oxygen atoms in total. The number of hydrogen-bond donors (Lipinski definition) is 2. The zero-order chi connectivity index (χ0) is 15.5. The van der Waals surface area contributed by atoms with E-state index >= 15 is 0 Å². The Hall–Kier alpha value is -1.76. The minimum Gasteiger partial charge on any atom is -0.495 e. The molecule has 0 spiro atoms. The lowest BCUT2D eigenvalue weighted by Crippen LogP contribution is -2.12. The van der Waals surface area contributed by atoms with Crippen LogP contribution in [0.3, 0.4) is 0 Å². The summed E-state index contributed by atoms with van der Waals surface area (Å²) in [6, 6.07) is 11.7. The van der Waals surface area contributed by atoms with Crippen molar-refractivity contribution in [3.05, 3.63) is 53.1 Å². The monoisotopic (exact) mass is 326 g/mol. The Labute approximate surface area is 128 Å². The minimum atomic E-state index is -3.66. The van der Waals surface area contributed by atoms with Crippen LogP contribution in [-0.2, 0) is 16.6 Å². The summed E-state index contributed by atoms with van der Waals surface area (Å²) in [5, 5.41) is 8.75. The number of sulfonamides is 1. The van der Waals surface area contributed by atoms with Gasteiger partial charge in [-0.05, 0) is 42.0 Å². The van der Waals surface area contributed by atoms with E-state index in [1.54, 1.807) is 25.3 Å². The molecular formula is C14H15ClN2O3S. The number of anilines is 1. The van der Waals surface area contributed by atoms with Gasteiger partial charge in [-0.2, -0.15) is 0 Å². The van der Waals surface area contributed by atoms with Crippen LogP contribution in [0.25, 0.3) is 0 Å². The number of rotatable bonds is 5. The molecule has 0 aliphatic carbocycles. The van der Waals surface area contributed by atoms with Crippen LogP contribution in [0.1, 0.15) is 5.56 Å². The van der Waals surface area contributed by atoms with E-state index in [2.05, 4.69) is 5.32 Å².